The Bertz CT molecular complexity index is 3260. The zero-order valence-electron chi connectivity index (χ0n) is 61.1. The fourth-order valence-corrected chi connectivity index (χ4v) is 16.8. The van der Waals surface area contributed by atoms with Gasteiger partial charge in [-0.1, -0.05) is 228 Å². The van der Waals surface area contributed by atoms with Crippen LogP contribution >= 0.6 is 7.81 Å². The zero-order chi connectivity index (χ0) is 77.3. The van der Waals surface area contributed by atoms with Crippen LogP contribution < -0.4 is 94.2 Å². The molecule has 0 spiro atoms. The van der Waals surface area contributed by atoms with Gasteiger partial charge in [0, 0.05) is 7.11 Å². The van der Waals surface area contributed by atoms with Gasteiger partial charge in [-0.2, -0.15) is 0 Å². The van der Waals surface area contributed by atoms with Crippen LogP contribution in [0.25, 0.3) is 0 Å². The molecule has 0 aliphatic rings. The third-order valence-corrected chi connectivity index (χ3v) is 24.7. The molecule has 1 nitrogen and oxygen atoms in total. The van der Waals surface area contributed by atoms with E-state index in [0.29, 0.717) is 0 Å². The Morgan fingerprint density at radius 3 is 0.471 bits per heavy atom. The molecule has 0 saturated carbocycles. The van der Waals surface area contributed by atoms with Crippen LogP contribution in [0.1, 0.15) is 177 Å². The van der Waals surface area contributed by atoms with E-state index in [0.717, 1.165) is 0 Å². The van der Waals surface area contributed by atoms with Gasteiger partial charge in [0.1, 0.15) is 0 Å². The second-order valence-electron chi connectivity index (χ2n) is 29.7. The SMILES string of the molecule is CC(C)(C)c1ccc([I+]c2ccc(C(C)(C)C)cc2)cc1.CC(C)(C)c1ccc([I+]c2ccc(C(C)(C)C)cc2)cc1.CC(C)(C)c1ccc([I+]c2ccc(C(C)(C)C)cc2)cc1.COC(C)(C)c1ccc([I+]c2ccccc2)cc1.F[P-](F)(F)(F)(F)F.[F-].[F-].[F][Sb]([F])([F])([F])[F].[F][Sb]([F])([F])([F])[F]. The standard InChI is InChI=1S/3C20H26I.C16H18IO.F6P.12FH.2Sb/c3*1-19(2,3)15-7-11-17(12-8-15)21-18-13-9-16(10-14-18)20(4,5)6;1-16(2,18-3)13-9-11-15(12-10-13)17-14-7-5-4-6-8-14;1-7(2,3,4,5)6;;;;;;;;;;;;;;/h3*7-14H,1-6H3;4-12H,1-3H3;;12*1H;;/q4*+1;-1;;;;;;;;;;;;;2*+5/p-12. The van der Waals surface area contributed by atoms with E-state index in [1.54, 1.807) is 7.11 Å². The molecule has 0 saturated heterocycles. The normalized spacial score (nSPS) is 13.6. The predicted octanol–water partition coefficient (Wildman–Crippen LogP) is 8.76. The number of hydrogen-bond donors (Lipinski definition) is 0. The van der Waals surface area contributed by atoms with Crippen LogP contribution in [0.5, 0.6) is 0 Å². The molecule has 8 aromatic rings. The molecule has 0 atom stereocenters. The van der Waals surface area contributed by atoms with E-state index >= 15 is 0 Å². The summed E-state index contributed by atoms with van der Waals surface area (Å²) in [7, 11) is -8.90. The van der Waals surface area contributed by atoms with Gasteiger partial charge in [-0.15, -0.1) is 0 Å². The quantitative estimate of drug-likeness (QED) is 0.0577. The molecule has 102 heavy (non-hydrogen) atoms. The van der Waals surface area contributed by atoms with Crippen molar-refractivity contribution in [2.75, 3.05) is 7.11 Å². The molecule has 0 N–H and O–H groups in total. The number of halogens is 22. The number of methoxy groups -OCH3 is 1. The Balaban J connectivity index is 0.00000122. The van der Waals surface area contributed by atoms with Crippen molar-refractivity contribution in [3.63, 3.8) is 0 Å². The molecule has 574 valence electrons. The summed E-state index contributed by atoms with van der Waals surface area (Å²) in [6.07, 6.45) is 0. The molecule has 26 heteroatoms. The van der Waals surface area contributed by atoms with Crippen molar-refractivity contribution in [1.29, 1.82) is 0 Å². The molecule has 0 radical (unpaired) electrons. The van der Waals surface area contributed by atoms with Crippen LogP contribution in [0.2, 0.25) is 0 Å². The summed E-state index contributed by atoms with van der Waals surface area (Å²) in [5, 5.41) is 0. The first kappa shape index (κ1) is 99.4. The third-order valence-electron chi connectivity index (χ3n) is 13.9. The fourth-order valence-electron chi connectivity index (χ4n) is 8.09. The van der Waals surface area contributed by atoms with Crippen LogP contribution in [0.4, 0.5) is 53.3 Å². The summed E-state index contributed by atoms with van der Waals surface area (Å²) in [5.41, 5.74) is 11.0. The molecular formula is C76H96F18I4OPSb2+. The van der Waals surface area contributed by atoms with Gasteiger partial charge in [0.15, 0.2) is 28.6 Å². The summed E-state index contributed by atoms with van der Waals surface area (Å²) in [4.78, 5) is 0. The molecule has 0 aromatic heterocycles. The molecule has 0 fully saturated rings. The zero-order valence-corrected chi connectivity index (χ0v) is 75.7. The molecule has 0 unspecified atom stereocenters. The van der Waals surface area contributed by atoms with E-state index in [9.17, 15) is 53.3 Å². The minimum atomic E-state index is -10.7. The summed E-state index contributed by atoms with van der Waals surface area (Å²) < 4.78 is 176. The summed E-state index contributed by atoms with van der Waals surface area (Å²) in [5.74, 6) is 0. The van der Waals surface area contributed by atoms with Gasteiger partial charge in [-0.05, 0) is 182 Å². The van der Waals surface area contributed by atoms with Crippen molar-refractivity contribution in [2.45, 2.75) is 177 Å². The van der Waals surface area contributed by atoms with Crippen LogP contribution in [0.15, 0.2) is 200 Å². The van der Waals surface area contributed by atoms with Gasteiger partial charge in [-0.3, -0.25) is 0 Å². The average molecular weight is 2150 g/mol. The van der Waals surface area contributed by atoms with E-state index in [1.165, 1.54) is 67.5 Å². The Morgan fingerprint density at radius 2 is 0.353 bits per heavy atom. The monoisotopic (exact) mass is 2150 g/mol. The van der Waals surface area contributed by atoms with Crippen LogP contribution in [0.3, 0.4) is 0 Å². The van der Waals surface area contributed by atoms with Crippen LogP contribution in [-0.4, -0.2) is 47.7 Å². The Hall–Kier alpha value is -2.55. The summed E-state index contributed by atoms with van der Waals surface area (Å²) in [6.45, 7) is 45.0. The van der Waals surface area contributed by atoms with Gasteiger partial charge in [0.2, 0.25) is 0 Å². The number of ether oxygens (including phenoxy) is 1. The average Bonchev–Trinajstić information content (AvgIpc) is 0.789. The first-order valence-electron chi connectivity index (χ1n) is 31.2. The van der Waals surface area contributed by atoms with E-state index in [4.69, 9.17) is 4.74 Å². The first-order chi connectivity index (χ1) is 44.5. The summed E-state index contributed by atoms with van der Waals surface area (Å²) in [6, 6.07) is 74.7. The van der Waals surface area contributed by atoms with Crippen molar-refractivity contribution < 1.29 is 152 Å². The molecule has 0 aliphatic heterocycles. The third kappa shape index (κ3) is 48.7. The van der Waals surface area contributed by atoms with E-state index < -0.39 is 48.4 Å². The second kappa shape index (κ2) is 37.7. The Kier molecular flexibility index (Phi) is 36.8. The van der Waals surface area contributed by atoms with Gasteiger partial charge in [0.05, 0.1) is 5.60 Å². The number of benzene rings is 8. The molecule has 0 amide bonds. The van der Waals surface area contributed by atoms with Crippen molar-refractivity contribution in [1.82, 2.24) is 0 Å². The molecule has 0 bridgehead atoms. The maximum absolute atomic E-state index is 10.7. The topological polar surface area (TPSA) is 9.23 Å². The van der Waals surface area contributed by atoms with Crippen molar-refractivity contribution in [3.05, 3.63) is 268 Å². The Labute approximate surface area is 644 Å². The summed E-state index contributed by atoms with van der Waals surface area (Å²) >= 11 is -18.7. The predicted molar refractivity (Wildman–Crippen MR) is 370 cm³/mol. The van der Waals surface area contributed by atoms with Crippen LogP contribution in [-0.2, 0) is 42.8 Å². The minimum absolute atomic E-state index is 0. The Morgan fingerprint density at radius 1 is 0.235 bits per heavy atom. The van der Waals surface area contributed by atoms with Crippen LogP contribution in [0, 0.1) is 28.6 Å². The maximum atomic E-state index is 9.91. The molecule has 0 aliphatic carbocycles. The van der Waals surface area contributed by atoms with Gasteiger partial charge < -0.3 is 14.1 Å². The first-order valence-corrected chi connectivity index (χ1v) is 51.5. The molecular weight excluding hydrogens is 2050 g/mol. The van der Waals surface area contributed by atoms with Crippen molar-refractivity contribution >= 4 is 48.4 Å². The van der Waals surface area contributed by atoms with Crippen molar-refractivity contribution in [2.24, 2.45) is 0 Å². The molecule has 8 aromatic carbocycles. The number of rotatable bonds is 10. The fraction of sp³-hybridized carbons (Fsp3) is 0.368. The second-order valence-corrected chi connectivity index (χ2v) is 51.0. The van der Waals surface area contributed by atoms with E-state index in [1.807, 2.05) is 0 Å². The van der Waals surface area contributed by atoms with Gasteiger partial charge >= 0.3 is 187 Å². The van der Waals surface area contributed by atoms with Gasteiger partial charge in [0.25, 0.3) is 0 Å². The van der Waals surface area contributed by atoms with E-state index in [-0.39, 0.29) is 132 Å². The van der Waals surface area contributed by atoms with Crippen molar-refractivity contribution in [3.8, 4) is 0 Å². The molecule has 8 rings (SSSR count). The number of hydrogen-bond acceptors (Lipinski definition) is 1. The molecule has 0 heterocycles. The van der Waals surface area contributed by atoms with Gasteiger partial charge in [-0.25, -0.2) is 0 Å². The van der Waals surface area contributed by atoms with E-state index in [2.05, 4.69) is 339 Å².